The first-order chi connectivity index (χ1) is 13.5. The fraction of sp³-hybridized carbons (Fsp3) is 0.211. The highest BCUT2D eigenvalue weighted by Gasteiger charge is 2.60. The lowest BCUT2D eigenvalue weighted by molar-refractivity contribution is -0.288. The van der Waals surface area contributed by atoms with E-state index in [-0.39, 0.29) is 5.52 Å². The van der Waals surface area contributed by atoms with E-state index in [1.54, 1.807) is 18.2 Å². The van der Waals surface area contributed by atoms with Gasteiger partial charge in [-0.05, 0) is 5.39 Å². The van der Waals surface area contributed by atoms with Crippen molar-refractivity contribution in [3.8, 4) is 0 Å². The summed E-state index contributed by atoms with van der Waals surface area (Å²) in [5.41, 5.74) is -4.37. The molecule has 0 radical (unpaired) electrons. The van der Waals surface area contributed by atoms with Gasteiger partial charge in [0.15, 0.2) is 5.65 Å². The van der Waals surface area contributed by atoms with Crippen molar-refractivity contribution in [2.45, 2.75) is 12.1 Å². The molecule has 0 aliphatic rings. The Bertz CT molecular complexity index is 1430. The van der Waals surface area contributed by atoms with Crippen molar-refractivity contribution in [3.63, 3.8) is 0 Å². The zero-order valence-corrected chi connectivity index (χ0v) is 15.0. The lowest BCUT2D eigenvalue weighted by atomic mass is 9.96. The third-order valence-electron chi connectivity index (χ3n) is 4.94. The number of halogens is 5. The summed E-state index contributed by atoms with van der Waals surface area (Å²) in [6.07, 6.45) is -5.96. The first-order valence-electron chi connectivity index (χ1n) is 8.33. The second-order valence-corrected chi connectivity index (χ2v) is 6.65. The Morgan fingerprint density at radius 3 is 2.17 bits per heavy atom. The van der Waals surface area contributed by atoms with Gasteiger partial charge in [-0.25, -0.2) is 9.78 Å². The molecule has 0 N–H and O–H groups in total. The molecule has 0 amide bonds. The molecule has 2 aromatic heterocycles. The van der Waals surface area contributed by atoms with Crippen molar-refractivity contribution in [1.82, 2.24) is 14.1 Å². The molecule has 4 rings (SSSR count). The van der Waals surface area contributed by atoms with Crippen LogP contribution in [0.2, 0.25) is 0 Å². The van der Waals surface area contributed by atoms with Crippen LogP contribution >= 0.6 is 0 Å². The molecule has 0 saturated heterocycles. The minimum absolute atomic E-state index is 0.155. The van der Waals surface area contributed by atoms with Gasteiger partial charge in [-0.3, -0.25) is 13.9 Å². The van der Waals surface area contributed by atoms with Gasteiger partial charge >= 0.3 is 17.8 Å². The van der Waals surface area contributed by atoms with E-state index in [9.17, 15) is 31.5 Å². The zero-order chi connectivity index (χ0) is 21.3. The summed E-state index contributed by atoms with van der Waals surface area (Å²) in [7, 11) is 2.16. The van der Waals surface area contributed by atoms with Crippen LogP contribution in [0.3, 0.4) is 0 Å². The fourth-order valence-corrected chi connectivity index (χ4v) is 3.47. The summed E-state index contributed by atoms with van der Waals surface area (Å²) < 4.78 is 70.7. The number of hydrogen-bond acceptors (Lipinski definition) is 3. The van der Waals surface area contributed by atoms with Gasteiger partial charge in [0.05, 0.1) is 16.5 Å². The largest absolute Gasteiger partial charge is 0.458 e. The first-order valence-corrected chi connectivity index (χ1v) is 8.33. The topological polar surface area (TPSA) is 56.9 Å². The third-order valence-corrected chi connectivity index (χ3v) is 4.94. The maximum Gasteiger partial charge on any atom is 0.458 e. The number of benzene rings is 2. The monoisotopic (exact) mass is 409 g/mol. The van der Waals surface area contributed by atoms with Crippen LogP contribution in [0.4, 0.5) is 22.0 Å². The van der Waals surface area contributed by atoms with Crippen LogP contribution in [0.1, 0.15) is 5.56 Å². The van der Waals surface area contributed by atoms with Crippen LogP contribution in [-0.2, 0) is 20.0 Å². The molecule has 0 fully saturated rings. The van der Waals surface area contributed by atoms with E-state index in [4.69, 9.17) is 0 Å². The molecule has 0 bridgehead atoms. The van der Waals surface area contributed by atoms with Crippen molar-refractivity contribution in [2.24, 2.45) is 14.1 Å². The number of hydrogen-bond donors (Lipinski definition) is 0. The minimum atomic E-state index is -5.96. The van der Waals surface area contributed by atoms with E-state index in [1.165, 1.54) is 12.1 Å². The predicted octanol–water partition coefficient (Wildman–Crippen LogP) is 3.59. The normalized spacial score (nSPS) is 12.9. The molecule has 0 saturated carbocycles. The summed E-state index contributed by atoms with van der Waals surface area (Å²) in [6.45, 7) is 0. The molecule has 4 aromatic rings. The summed E-state index contributed by atoms with van der Waals surface area (Å²) in [5.74, 6) is -5.35. The van der Waals surface area contributed by atoms with Crippen LogP contribution < -0.4 is 11.2 Å². The molecule has 0 aliphatic carbocycles. The number of aromatic nitrogens is 3. The van der Waals surface area contributed by atoms with E-state index < -0.39 is 45.3 Å². The average molecular weight is 409 g/mol. The first kappa shape index (κ1) is 19.0. The van der Waals surface area contributed by atoms with Gasteiger partial charge in [-0.15, -0.1) is 0 Å². The highest BCUT2D eigenvalue weighted by atomic mass is 19.4. The van der Waals surface area contributed by atoms with E-state index in [0.29, 0.717) is 15.3 Å². The molecule has 0 spiro atoms. The molecular formula is C19H12F5N3O2. The Morgan fingerprint density at radius 2 is 1.52 bits per heavy atom. The second kappa shape index (κ2) is 5.85. The maximum absolute atomic E-state index is 14.7. The van der Waals surface area contributed by atoms with E-state index in [0.717, 1.165) is 24.7 Å². The Labute approximate surface area is 158 Å². The van der Waals surface area contributed by atoms with Gasteiger partial charge in [0, 0.05) is 24.9 Å². The second-order valence-electron chi connectivity index (χ2n) is 6.65. The van der Waals surface area contributed by atoms with Gasteiger partial charge in [-0.1, -0.05) is 36.4 Å². The van der Waals surface area contributed by atoms with Gasteiger partial charge in [0.1, 0.15) is 0 Å². The lowest BCUT2D eigenvalue weighted by Gasteiger charge is -2.23. The molecule has 0 atom stereocenters. The molecule has 5 nitrogen and oxygen atoms in total. The SMILES string of the molecule is Cn1c(=O)c2c(C(F)(F)C(F)(F)F)c3ccc4ccccc4c3nc2n(C)c1=O. The summed E-state index contributed by atoms with van der Waals surface area (Å²) in [5, 5.41) is -0.574. The smallest absolute Gasteiger partial charge is 0.280 e. The summed E-state index contributed by atoms with van der Waals surface area (Å²) >= 11 is 0. The van der Waals surface area contributed by atoms with Crippen LogP contribution in [0, 0.1) is 0 Å². The Morgan fingerprint density at radius 1 is 0.862 bits per heavy atom. The highest BCUT2D eigenvalue weighted by Crippen LogP contribution is 2.48. The highest BCUT2D eigenvalue weighted by molar-refractivity contribution is 6.10. The summed E-state index contributed by atoms with van der Waals surface area (Å²) in [6, 6.07) is 8.89. The van der Waals surface area contributed by atoms with Crippen molar-refractivity contribution in [2.75, 3.05) is 0 Å². The van der Waals surface area contributed by atoms with Crippen molar-refractivity contribution < 1.29 is 22.0 Å². The molecule has 10 heteroatoms. The van der Waals surface area contributed by atoms with Gasteiger partial charge < -0.3 is 0 Å². The third kappa shape index (κ3) is 2.48. The average Bonchev–Trinajstić information content (AvgIpc) is 2.68. The van der Waals surface area contributed by atoms with Gasteiger partial charge in [-0.2, -0.15) is 22.0 Å². The molecule has 2 heterocycles. The molecular weight excluding hydrogens is 397 g/mol. The maximum atomic E-state index is 14.7. The number of alkyl halides is 5. The Hall–Kier alpha value is -3.30. The van der Waals surface area contributed by atoms with Gasteiger partial charge in [0.2, 0.25) is 0 Å². The van der Waals surface area contributed by atoms with Crippen molar-refractivity contribution in [1.29, 1.82) is 0 Å². The predicted molar refractivity (Wildman–Crippen MR) is 97.2 cm³/mol. The zero-order valence-electron chi connectivity index (χ0n) is 15.0. The number of rotatable bonds is 1. The van der Waals surface area contributed by atoms with Crippen LogP contribution in [0.5, 0.6) is 0 Å². The van der Waals surface area contributed by atoms with E-state index >= 15 is 0 Å². The number of nitrogens with zero attached hydrogens (tertiary/aromatic N) is 3. The number of aryl methyl sites for hydroxylation is 1. The summed E-state index contributed by atoms with van der Waals surface area (Å²) in [4.78, 5) is 29.0. The van der Waals surface area contributed by atoms with Crippen molar-refractivity contribution in [3.05, 3.63) is 62.8 Å². The number of pyridine rings is 1. The van der Waals surface area contributed by atoms with Crippen LogP contribution in [0.25, 0.3) is 32.7 Å². The van der Waals surface area contributed by atoms with E-state index in [1.807, 2.05) is 0 Å². The van der Waals surface area contributed by atoms with Crippen LogP contribution in [0.15, 0.2) is 46.0 Å². The van der Waals surface area contributed by atoms with Crippen molar-refractivity contribution >= 4 is 32.7 Å². The van der Waals surface area contributed by atoms with E-state index in [2.05, 4.69) is 4.98 Å². The van der Waals surface area contributed by atoms with Crippen LogP contribution in [-0.4, -0.2) is 20.3 Å². The van der Waals surface area contributed by atoms with Gasteiger partial charge in [0.25, 0.3) is 5.56 Å². The molecule has 2 aromatic carbocycles. The molecule has 29 heavy (non-hydrogen) atoms. The fourth-order valence-electron chi connectivity index (χ4n) is 3.47. The standard InChI is InChI=1S/C19H12F5N3O2/c1-26-15-12(16(28)27(2)17(26)29)13(18(20,21)19(22,23)24)11-8-7-9-5-3-4-6-10(9)14(11)25-15/h3-8H,1-2H3. The Kier molecular flexibility index (Phi) is 3.84. The quantitative estimate of drug-likeness (QED) is 0.274. The lowest BCUT2D eigenvalue weighted by Crippen LogP contribution is -2.40. The molecule has 0 aliphatic heterocycles. The number of fused-ring (bicyclic) bond motifs is 4. The molecule has 0 unspecified atom stereocenters. The minimum Gasteiger partial charge on any atom is -0.280 e. The molecule has 150 valence electrons. The Balaban J connectivity index is 2.42.